The molecule has 4 aromatic rings. The number of hydrogen-bond donors (Lipinski definition) is 3. The third-order valence-corrected chi connectivity index (χ3v) is 13.6. The second kappa shape index (κ2) is 21.2. The number of carbonyl (C=O) groups excluding carboxylic acids is 2. The van der Waals surface area contributed by atoms with Crippen LogP contribution in [0.25, 0.3) is 0 Å². The molecule has 3 N–H and O–H groups in total. The van der Waals surface area contributed by atoms with Crippen molar-refractivity contribution in [2.45, 2.75) is 95.0 Å². The zero-order valence-corrected chi connectivity index (χ0v) is 34.0. The monoisotopic (exact) mass is 806 g/mol. The fourth-order valence-electron chi connectivity index (χ4n) is 7.05. The molecular formula is C43H58N4O7S2. The molecule has 6 rings (SSSR count). The molecule has 2 heterocycles. The van der Waals surface area contributed by atoms with Gasteiger partial charge in [-0.25, -0.2) is 16.8 Å². The van der Waals surface area contributed by atoms with Gasteiger partial charge in [0.25, 0.3) is 20.0 Å². The van der Waals surface area contributed by atoms with Crippen molar-refractivity contribution in [3.05, 3.63) is 118 Å². The van der Waals surface area contributed by atoms with Gasteiger partial charge < -0.3 is 15.7 Å². The average molecular weight is 807 g/mol. The topological polar surface area (TPSA) is 153 Å². The molecule has 0 aromatic heterocycles. The molecule has 2 atom stereocenters. The number of nitrogens with one attached hydrogen (secondary N) is 2. The summed E-state index contributed by atoms with van der Waals surface area (Å²) in [5.74, 6) is 0. The molecule has 0 saturated carbocycles. The molecule has 0 spiro atoms. The van der Waals surface area contributed by atoms with E-state index in [0.717, 1.165) is 52.0 Å². The Morgan fingerprint density at radius 3 is 1.43 bits per heavy atom. The largest absolute Gasteiger partial charge is 0.396 e. The highest BCUT2D eigenvalue weighted by Crippen LogP contribution is 2.41. The van der Waals surface area contributed by atoms with Gasteiger partial charge in [-0.1, -0.05) is 107 Å². The molecule has 0 radical (unpaired) electrons. The normalized spacial score (nSPS) is 17.0. The summed E-state index contributed by atoms with van der Waals surface area (Å²) in [7, 11) is -3.95. The van der Waals surface area contributed by atoms with Gasteiger partial charge in [0.1, 0.15) is 0 Å². The van der Waals surface area contributed by atoms with Gasteiger partial charge in [-0.2, -0.15) is 9.59 Å². The van der Waals surface area contributed by atoms with Crippen LogP contribution in [0.4, 0.5) is 11.4 Å². The zero-order valence-electron chi connectivity index (χ0n) is 32.4. The SMILES string of the molecule is C.CCCCCCCCNC1c2ccccc2N(C)S(=O)(=O)c2cc(C)ccc21.Cc1ccc2c(c1)S(=O)(=O)N(C)c1ccccc1C2NCCCO.O=C=O. The highest BCUT2D eigenvalue weighted by atomic mass is 32.2. The Morgan fingerprint density at radius 2 is 1.00 bits per heavy atom. The molecule has 2 unspecified atom stereocenters. The van der Waals surface area contributed by atoms with Crippen LogP contribution in [-0.4, -0.2) is 61.9 Å². The number of benzene rings is 4. The molecule has 0 bridgehead atoms. The lowest BCUT2D eigenvalue weighted by molar-refractivity contribution is -0.191. The summed E-state index contributed by atoms with van der Waals surface area (Å²) in [5, 5.41) is 16.1. The molecule has 11 nitrogen and oxygen atoms in total. The van der Waals surface area contributed by atoms with E-state index in [1.165, 1.54) is 40.7 Å². The number of unbranched alkanes of at least 4 members (excludes halogenated alkanes) is 5. The fourth-order valence-corrected chi connectivity index (χ4v) is 10.1. The van der Waals surface area contributed by atoms with E-state index in [2.05, 4.69) is 17.6 Å². The van der Waals surface area contributed by atoms with Crippen molar-refractivity contribution >= 4 is 37.6 Å². The lowest BCUT2D eigenvalue weighted by atomic mass is 9.96. The Bertz CT molecular complexity index is 2150. The Hall–Kier alpha value is -4.36. The zero-order chi connectivity index (χ0) is 40.2. The minimum atomic E-state index is -3.61. The van der Waals surface area contributed by atoms with Gasteiger partial charge in [0.05, 0.1) is 33.2 Å². The Kier molecular flexibility index (Phi) is 17.5. The molecule has 2 aliphatic rings. The first-order valence-electron chi connectivity index (χ1n) is 18.8. The maximum atomic E-state index is 13.3. The maximum Gasteiger partial charge on any atom is 0.373 e. The van der Waals surface area contributed by atoms with Gasteiger partial charge in [0.15, 0.2) is 0 Å². The van der Waals surface area contributed by atoms with E-state index in [1.807, 2.05) is 86.6 Å². The van der Waals surface area contributed by atoms with Gasteiger partial charge in [0.2, 0.25) is 0 Å². The van der Waals surface area contributed by atoms with Crippen LogP contribution in [0, 0.1) is 13.8 Å². The van der Waals surface area contributed by atoms with Gasteiger partial charge >= 0.3 is 6.15 Å². The highest BCUT2D eigenvalue weighted by molar-refractivity contribution is 7.93. The molecule has 13 heteroatoms. The number of nitrogens with zero attached hydrogens (tertiary/aromatic N) is 2. The molecule has 0 amide bonds. The molecule has 304 valence electrons. The third-order valence-electron chi connectivity index (χ3n) is 9.97. The molecule has 0 fully saturated rings. The summed E-state index contributed by atoms with van der Waals surface area (Å²) in [6, 6.07) is 26.3. The van der Waals surface area contributed by atoms with Gasteiger partial charge in [0, 0.05) is 20.7 Å². The van der Waals surface area contributed by atoms with Crippen LogP contribution in [0.2, 0.25) is 0 Å². The molecule has 0 aliphatic carbocycles. The Labute approximate surface area is 334 Å². The van der Waals surface area contributed by atoms with Crippen LogP contribution >= 0.6 is 0 Å². The van der Waals surface area contributed by atoms with Crippen molar-refractivity contribution in [2.75, 3.05) is 42.4 Å². The Morgan fingerprint density at radius 1 is 0.607 bits per heavy atom. The number of aliphatic hydroxyl groups excluding tert-OH is 1. The highest BCUT2D eigenvalue weighted by Gasteiger charge is 2.36. The number of anilines is 2. The number of aliphatic hydroxyl groups is 1. The number of rotatable bonds is 12. The molecule has 0 saturated heterocycles. The quantitative estimate of drug-likeness (QED) is 0.124. The summed E-state index contributed by atoms with van der Waals surface area (Å²) >= 11 is 0. The first kappa shape index (κ1) is 46.0. The van der Waals surface area contributed by atoms with Crippen LogP contribution < -0.4 is 19.2 Å². The van der Waals surface area contributed by atoms with Crippen molar-refractivity contribution in [1.82, 2.24) is 10.6 Å². The van der Waals surface area contributed by atoms with E-state index in [4.69, 9.17) is 14.7 Å². The van der Waals surface area contributed by atoms with E-state index < -0.39 is 20.0 Å². The van der Waals surface area contributed by atoms with Gasteiger partial charge in [-0.15, -0.1) is 0 Å². The summed E-state index contributed by atoms with van der Waals surface area (Å²) in [6.45, 7) is 7.64. The van der Waals surface area contributed by atoms with E-state index in [0.29, 0.717) is 28.4 Å². The van der Waals surface area contributed by atoms with Crippen LogP contribution in [-0.2, 0) is 29.6 Å². The van der Waals surface area contributed by atoms with Crippen molar-refractivity contribution < 1.29 is 31.5 Å². The third kappa shape index (κ3) is 10.5. The second-order valence-corrected chi connectivity index (χ2v) is 17.7. The minimum absolute atomic E-state index is 0. The van der Waals surface area contributed by atoms with Crippen LogP contribution in [0.15, 0.2) is 94.7 Å². The van der Waals surface area contributed by atoms with Crippen molar-refractivity contribution in [3.8, 4) is 0 Å². The smallest absolute Gasteiger partial charge is 0.373 e. The first-order valence-corrected chi connectivity index (χ1v) is 21.7. The predicted molar refractivity (Wildman–Crippen MR) is 223 cm³/mol. The number of fused-ring (bicyclic) bond motifs is 4. The molecule has 4 aromatic carbocycles. The van der Waals surface area contributed by atoms with Gasteiger partial charge in [-0.05, 0) is 97.4 Å². The van der Waals surface area contributed by atoms with Crippen molar-refractivity contribution in [3.63, 3.8) is 0 Å². The molecule has 2 aliphatic heterocycles. The second-order valence-electron chi connectivity index (χ2n) is 13.8. The maximum absolute atomic E-state index is 13.3. The van der Waals surface area contributed by atoms with E-state index in [-0.39, 0.29) is 32.3 Å². The van der Waals surface area contributed by atoms with Crippen LogP contribution in [0.5, 0.6) is 0 Å². The Balaban J connectivity index is 0.000000279. The number of sulfonamides is 2. The summed E-state index contributed by atoms with van der Waals surface area (Å²) in [5.41, 5.74) is 6.81. The molecular weight excluding hydrogens is 749 g/mol. The number of aryl methyl sites for hydroxylation is 2. The van der Waals surface area contributed by atoms with E-state index >= 15 is 0 Å². The van der Waals surface area contributed by atoms with Crippen LogP contribution in [0.1, 0.15) is 105 Å². The minimum Gasteiger partial charge on any atom is -0.396 e. The van der Waals surface area contributed by atoms with Gasteiger partial charge in [-0.3, -0.25) is 8.61 Å². The van der Waals surface area contributed by atoms with E-state index in [9.17, 15) is 16.8 Å². The van der Waals surface area contributed by atoms with Crippen molar-refractivity contribution in [1.29, 1.82) is 0 Å². The van der Waals surface area contributed by atoms with Crippen LogP contribution in [0.3, 0.4) is 0 Å². The lowest BCUT2D eigenvalue weighted by Crippen LogP contribution is -2.26. The number of para-hydroxylation sites is 2. The predicted octanol–water partition coefficient (Wildman–Crippen LogP) is 7.42. The molecule has 56 heavy (non-hydrogen) atoms. The number of hydrogen-bond acceptors (Lipinski definition) is 9. The summed E-state index contributed by atoms with van der Waals surface area (Å²) in [6.07, 6.45) is 8.31. The standard InChI is InChI=1S/C23H32N2O2S.C18H22N2O3S.CO2.CH4/c1-4-5-6-7-8-11-16-24-23-19-12-9-10-13-21(19)25(3)28(26,27)22-17-18(2)14-15-20(22)23;1-13-8-9-15-17(12-13)24(22,23)20(2)16-7-4-3-6-14(16)18(15)19-10-5-11-21;2-1-3;/h9-10,12-15,17,23-24H,4-8,11,16H2,1-3H3;3-4,6-9,12,18-19,21H,5,10-11H2,1-2H3;;1H4. The fraction of sp³-hybridized carbons (Fsp3) is 0.419. The average Bonchev–Trinajstić information content (AvgIpc) is 3.28. The summed E-state index contributed by atoms with van der Waals surface area (Å²) in [4.78, 5) is 17.0. The lowest BCUT2D eigenvalue weighted by Gasteiger charge is -2.22. The van der Waals surface area contributed by atoms with E-state index in [1.54, 1.807) is 26.2 Å². The first-order chi connectivity index (χ1) is 26.3. The summed E-state index contributed by atoms with van der Waals surface area (Å²) < 4.78 is 55.4. The van der Waals surface area contributed by atoms with Crippen molar-refractivity contribution in [2.24, 2.45) is 0 Å².